The molecule has 148 valence electrons. The Balaban J connectivity index is 1.68. The summed E-state index contributed by atoms with van der Waals surface area (Å²) in [6, 6.07) is 19.8. The van der Waals surface area contributed by atoms with E-state index in [-0.39, 0.29) is 5.28 Å². The third-order valence-corrected chi connectivity index (χ3v) is 4.77. The Kier molecular flexibility index (Phi) is 5.62. The average Bonchev–Trinajstić information content (AvgIpc) is 3.09. The van der Waals surface area contributed by atoms with Crippen molar-refractivity contribution in [1.82, 2.24) is 19.8 Å². The van der Waals surface area contributed by atoms with Gasteiger partial charge in [-0.25, -0.2) is 0 Å². The smallest absolute Gasteiger partial charge is 0.246 e. The molecule has 0 atom stereocenters. The van der Waals surface area contributed by atoms with Crippen LogP contribution in [0.3, 0.4) is 0 Å². The van der Waals surface area contributed by atoms with Gasteiger partial charge in [0.1, 0.15) is 5.75 Å². The third kappa shape index (κ3) is 4.49. The zero-order valence-electron chi connectivity index (χ0n) is 16.3. The molecule has 7 heteroatoms. The van der Waals surface area contributed by atoms with Gasteiger partial charge in [-0.3, -0.25) is 0 Å². The van der Waals surface area contributed by atoms with Crippen LogP contribution in [0.1, 0.15) is 20.3 Å². The fourth-order valence-electron chi connectivity index (χ4n) is 2.99. The molecule has 0 fully saturated rings. The topological polar surface area (TPSA) is 64.3 Å². The van der Waals surface area contributed by atoms with Gasteiger partial charge in [0.25, 0.3) is 0 Å². The van der Waals surface area contributed by atoms with Crippen LogP contribution >= 0.6 is 11.6 Å². The summed E-state index contributed by atoms with van der Waals surface area (Å²) in [6.07, 6.45) is 1.10. The first-order valence-corrected chi connectivity index (χ1v) is 9.97. The molecule has 1 N–H and O–H groups in total. The highest BCUT2D eigenvalue weighted by atomic mass is 35.5. The highest BCUT2D eigenvalue weighted by molar-refractivity contribution is 6.28. The number of hydrogen-bond donors (Lipinski definition) is 1. The lowest BCUT2D eigenvalue weighted by molar-refractivity contribution is 0.454. The second kappa shape index (κ2) is 8.49. The SMILES string of the molecule is CC(C)CCNc1ccc(-c2ccccc2)c(Oc2ccc3nnc(Cl)n3n2)c1. The van der Waals surface area contributed by atoms with E-state index in [1.165, 1.54) is 4.52 Å². The van der Waals surface area contributed by atoms with E-state index in [4.69, 9.17) is 16.3 Å². The van der Waals surface area contributed by atoms with Crippen LogP contribution in [-0.4, -0.2) is 26.4 Å². The van der Waals surface area contributed by atoms with Crippen molar-refractivity contribution >= 4 is 22.9 Å². The predicted molar refractivity (Wildman–Crippen MR) is 116 cm³/mol. The van der Waals surface area contributed by atoms with E-state index in [1.807, 2.05) is 24.3 Å². The van der Waals surface area contributed by atoms with E-state index in [9.17, 15) is 0 Å². The highest BCUT2D eigenvalue weighted by Gasteiger charge is 2.12. The Labute approximate surface area is 174 Å². The predicted octanol–water partition coefficient (Wildman–Crippen LogP) is 5.70. The molecule has 0 radical (unpaired) electrons. The maximum atomic E-state index is 6.18. The highest BCUT2D eigenvalue weighted by Crippen LogP contribution is 2.35. The minimum absolute atomic E-state index is 0.192. The Morgan fingerprint density at radius 2 is 1.86 bits per heavy atom. The Morgan fingerprint density at radius 3 is 2.66 bits per heavy atom. The van der Waals surface area contributed by atoms with Gasteiger partial charge in [-0.2, -0.15) is 4.52 Å². The lowest BCUT2D eigenvalue weighted by atomic mass is 10.0. The number of fused-ring (bicyclic) bond motifs is 1. The molecule has 0 amide bonds. The standard InChI is InChI=1S/C22H22ClN5O/c1-15(2)12-13-24-17-8-9-18(16-6-4-3-5-7-16)19(14-17)29-21-11-10-20-25-26-22(23)28(20)27-21/h3-11,14-15,24H,12-13H2,1-2H3. The summed E-state index contributed by atoms with van der Waals surface area (Å²) in [7, 11) is 0. The second-order valence-corrected chi connectivity index (χ2v) is 7.54. The number of benzene rings is 2. The van der Waals surface area contributed by atoms with Crippen molar-refractivity contribution in [2.45, 2.75) is 20.3 Å². The van der Waals surface area contributed by atoms with Gasteiger partial charge in [0.2, 0.25) is 11.2 Å². The van der Waals surface area contributed by atoms with Crippen LogP contribution in [0.4, 0.5) is 5.69 Å². The molecule has 0 saturated carbocycles. The van der Waals surface area contributed by atoms with Crippen LogP contribution in [0.5, 0.6) is 11.6 Å². The summed E-state index contributed by atoms with van der Waals surface area (Å²) in [5.41, 5.74) is 3.62. The van der Waals surface area contributed by atoms with Crippen molar-refractivity contribution in [3.8, 4) is 22.8 Å². The lowest BCUT2D eigenvalue weighted by Crippen LogP contribution is -2.05. The molecule has 4 aromatic rings. The van der Waals surface area contributed by atoms with E-state index >= 15 is 0 Å². The number of halogens is 1. The molecule has 0 aliphatic carbocycles. The second-order valence-electron chi connectivity index (χ2n) is 7.20. The molecule has 29 heavy (non-hydrogen) atoms. The number of aromatic nitrogens is 4. The number of anilines is 1. The third-order valence-electron chi connectivity index (χ3n) is 4.53. The maximum Gasteiger partial charge on any atom is 0.246 e. The Hall–Kier alpha value is -3.12. The quantitative estimate of drug-likeness (QED) is 0.426. The lowest BCUT2D eigenvalue weighted by Gasteiger charge is -2.14. The maximum absolute atomic E-state index is 6.18. The summed E-state index contributed by atoms with van der Waals surface area (Å²) in [4.78, 5) is 0. The summed E-state index contributed by atoms with van der Waals surface area (Å²) in [5, 5.41) is 15.8. The molecule has 0 saturated heterocycles. The zero-order chi connectivity index (χ0) is 20.2. The van der Waals surface area contributed by atoms with Crippen LogP contribution in [0.2, 0.25) is 5.28 Å². The summed E-state index contributed by atoms with van der Waals surface area (Å²) >= 11 is 6.04. The van der Waals surface area contributed by atoms with Crippen LogP contribution in [0.15, 0.2) is 60.7 Å². The first-order chi connectivity index (χ1) is 14.1. The molecular formula is C22H22ClN5O. The minimum Gasteiger partial charge on any atom is -0.437 e. The Bertz CT molecular complexity index is 1110. The van der Waals surface area contributed by atoms with Crippen LogP contribution in [0, 0.1) is 5.92 Å². The normalized spacial score (nSPS) is 11.2. The van der Waals surface area contributed by atoms with Gasteiger partial charge >= 0.3 is 0 Å². The number of nitrogens with one attached hydrogen (secondary N) is 1. The van der Waals surface area contributed by atoms with Crippen molar-refractivity contribution in [2.75, 3.05) is 11.9 Å². The minimum atomic E-state index is 0.192. The Morgan fingerprint density at radius 1 is 1.03 bits per heavy atom. The largest absolute Gasteiger partial charge is 0.437 e. The van der Waals surface area contributed by atoms with E-state index in [2.05, 4.69) is 58.7 Å². The van der Waals surface area contributed by atoms with Gasteiger partial charge in [-0.15, -0.1) is 15.3 Å². The van der Waals surface area contributed by atoms with Gasteiger partial charge in [0.15, 0.2) is 5.65 Å². The van der Waals surface area contributed by atoms with Crippen molar-refractivity contribution in [3.63, 3.8) is 0 Å². The number of nitrogens with zero attached hydrogens (tertiary/aromatic N) is 4. The van der Waals surface area contributed by atoms with E-state index < -0.39 is 0 Å². The molecular weight excluding hydrogens is 386 g/mol. The fourth-order valence-corrected chi connectivity index (χ4v) is 3.15. The first kappa shape index (κ1) is 19.2. The molecule has 6 nitrogen and oxygen atoms in total. The summed E-state index contributed by atoms with van der Waals surface area (Å²) < 4.78 is 7.63. The van der Waals surface area contributed by atoms with Gasteiger partial charge in [-0.05, 0) is 47.7 Å². The number of ether oxygens (including phenoxy) is 1. The van der Waals surface area contributed by atoms with Gasteiger partial charge in [0.05, 0.1) is 0 Å². The fraction of sp³-hybridized carbons (Fsp3) is 0.227. The zero-order valence-corrected chi connectivity index (χ0v) is 17.1. The molecule has 2 heterocycles. The van der Waals surface area contributed by atoms with E-state index in [0.717, 1.165) is 29.8 Å². The molecule has 2 aromatic heterocycles. The molecule has 0 unspecified atom stereocenters. The van der Waals surface area contributed by atoms with E-state index in [1.54, 1.807) is 12.1 Å². The van der Waals surface area contributed by atoms with Crippen LogP contribution < -0.4 is 10.1 Å². The van der Waals surface area contributed by atoms with Crippen LogP contribution in [0.25, 0.3) is 16.8 Å². The molecule has 4 rings (SSSR count). The number of rotatable bonds is 7. The van der Waals surface area contributed by atoms with Crippen molar-refractivity contribution < 1.29 is 4.74 Å². The molecule has 2 aromatic carbocycles. The van der Waals surface area contributed by atoms with Gasteiger partial charge in [-0.1, -0.05) is 44.2 Å². The van der Waals surface area contributed by atoms with Crippen molar-refractivity contribution in [2.24, 2.45) is 5.92 Å². The van der Waals surface area contributed by atoms with Gasteiger partial charge < -0.3 is 10.1 Å². The van der Waals surface area contributed by atoms with Gasteiger partial charge in [0, 0.05) is 29.9 Å². The molecule has 0 aliphatic rings. The van der Waals surface area contributed by atoms with Crippen molar-refractivity contribution in [1.29, 1.82) is 0 Å². The monoisotopic (exact) mass is 407 g/mol. The summed E-state index contributed by atoms with van der Waals surface area (Å²) in [6.45, 7) is 5.33. The van der Waals surface area contributed by atoms with Crippen molar-refractivity contribution in [3.05, 3.63) is 65.9 Å². The van der Waals surface area contributed by atoms with Crippen LogP contribution in [-0.2, 0) is 0 Å². The van der Waals surface area contributed by atoms with E-state index in [0.29, 0.717) is 23.2 Å². The molecule has 0 spiro atoms. The molecule has 0 bridgehead atoms. The average molecular weight is 408 g/mol. The summed E-state index contributed by atoms with van der Waals surface area (Å²) in [5.74, 6) is 1.77. The number of hydrogen-bond acceptors (Lipinski definition) is 5. The molecule has 0 aliphatic heterocycles. The first-order valence-electron chi connectivity index (χ1n) is 9.59.